The summed E-state index contributed by atoms with van der Waals surface area (Å²) in [6, 6.07) is 32.6. The summed E-state index contributed by atoms with van der Waals surface area (Å²) in [4.78, 5) is 20.0. The highest BCUT2D eigenvalue weighted by atomic mass is 32.2. The fourth-order valence-corrected chi connectivity index (χ4v) is 25.3. The highest BCUT2D eigenvalue weighted by Gasteiger charge is 2.35. The maximum Gasteiger partial charge on any atom is 0.162 e. The zero-order valence-electron chi connectivity index (χ0n) is 80.7. The summed E-state index contributed by atoms with van der Waals surface area (Å²) in [7, 11) is 8.04. The summed E-state index contributed by atoms with van der Waals surface area (Å²) in [5.41, 5.74) is 124. The maximum absolute atomic E-state index is 6.03. The zero-order valence-corrected chi connectivity index (χ0v) is 88.0. The lowest BCUT2D eigenvalue weighted by molar-refractivity contribution is 0.0474. The molecular formula is C96H142N24O9S9. The van der Waals surface area contributed by atoms with Crippen LogP contribution in [0.1, 0.15) is 80.6 Å². The summed E-state index contributed by atoms with van der Waals surface area (Å²) < 4.78 is 51.9. The van der Waals surface area contributed by atoms with Crippen molar-refractivity contribution in [2.24, 2.45) is 5.73 Å². The minimum Gasteiger partial charge on any atom is -0.489 e. The predicted molar refractivity (Wildman–Crippen MR) is 592 cm³/mol. The first-order valence-corrected chi connectivity index (χ1v) is 54.6. The van der Waals surface area contributed by atoms with Crippen molar-refractivity contribution in [3.63, 3.8) is 0 Å². The fourth-order valence-electron chi connectivity index (χ4n) is 15.3. The number of thioether (sulfide) groups is 9. The van der Waals surface area contributed by atoms with Gasteiger partial charge in [-0.2, -0.15) is 0 Å². The molecule has 9 aromatic rings. The molecule has 19 rings (SSSR count). The van der Waals surface area contributed by atoms with Gasteiger partial charge in [-0.3, -0.25) is 20.4 Å². The van der Waals surface area contributed by atoms with Gasteiger partial charge in [-0.05, 0) is 196 Å². The number of nitrogen functional groups attached to an aromatic ring is 18. The molecule has 9 aromatic carbocycles. The Balaban J connectivity index is 0.000000149. The summed E-state index contributed by atoms with van der Waals surface area (Å²) in [6.07, 6.45) is 6.31. The quantitative estimate of drug-likeness (QED) is 0.0450. The lowest BCUT2D eigenvalue weighted by Crippen LogP contribution is -2.42. The van der Waals surface area contributed by atoms with E-state index in [1.807, 2.05) is 93.8 Å². The molecule has 0 aromatic heterocycles. The van der Waals surface area contributed by atoms with Gasteiger partial charge in [0.25, 0.3) is 0 Å². The minimum absolute atomic E-state index is 0.0617. The van der Waals surface area contributed by atoms with Crippen molar-refractivity contribution in [1.29, 1.82) is 0 Å². The van der Waals surface area contributed by atoms with Crippen molar-refractivity contribution in [2.75, 3.05) is 238 Å². The molecule has 138 heavy (non-hydrogen) atoms. The Kier molecular flexibility index (Phi) is 40.9. The Morgan fingerprint density at radius 2 is 0.630 bits per heavy atom. The highest BCUT2D eigenvalue weighted by molar-refractivity contribution is 8.01. The van der Waals surface area contributed by atoms with Crippen molar-refractivity contribution in [3.8, 4) is 51.7 Å². The number of anilines is 18. The van der Waals surface area contributed by atoms with Gasteiger partial charge in [0.05, 0.1) is 95.2 Å². The first-order valence-electron chi connectivity index (χ1n) is 46.1. The molecule has 754 valence electrons. The van der Waals surface area contributed by atoms with E-state index in [9.17, 15) is 0 Å². The normalized spacial score (nSPS) is 20.1. The predicted octanol–water partition coefficient (Wildman–Crippen LogP) is 15.3. The van der Waals surface area contributed by atoms with Crippen molar-refractivity contribution >= 4 is 208 Å². The number of nitrogens with two attached hydrogens (primary N) is 19. The van der Waals surface area contributed by atoms with Gasteiger partial charge in [0.15, 0.2) is 76.7 Å². The van der Waals surface area contributed by atoms with Gasteiger partial charge in [0, 0.05) is 128 Å². The Hall–Kier alpha value is -9.51. The second kappa shape index (κ2) is 51.8. The first-order chi connectivity index (χ1) is 66.0. The summed E-state index contributed by atoms with van der Waals surface area (Å²) in [6.45, 7) is 25.3. The molecule has 42 heteroatoms. The van der Waals surface area contributed by atoms with Gasteiger partial charge in [-0.1, -0.05) is 48.0 Å². The molecule has 0 bridgehead atoms. The minimum atomic E-state index is -0.290. The van der Waals surface area contributed by atoms with Gasteiger partial charge in [0.2, 0.25) is 0 Å². The topological polar surface area (TPSA) is 594 Å². The molecule has 9 atom stereocenters. The van der Waals surface area contributed by atoms with Crippen LogP contribution < -0.4 is 152 Å². The number of nitrogens with zero attached hydrogens (tertiary/aromatic N) is 5. The largest absolute Gasteiger partial charge is 0.489 e. The molecule has 9 unspecified atom stereocenters. The Morgan fingerprint density at radius 3 is 1.01 bits per heavy atom. The third kappa shape index (κ3) is 28.5. The third-order valence-electron chi connectivity index (χ3n) is 23.0. The Bertz CT molecular complexity index is 5410. The number of likely N-dealkylation sites (tertiary alicyclic amines) is 1. The highest BCUT2D eigenvalue weighted by Crippen LogP contribution is 2.53. The maximum atomic E-state index is 6.03. The SMILES string of the molecule is CC1COc2c(N)ccc(N)c2S1.CCC1COc2c(N)ccc(N)c2S1.CCCC1COc2c(N)ccc(N)c2S1.CCN(CC)C1CSc2c(N)ccc(N)c2O1.CCN(CC)CC1CSc2c(N)ccc(N)c2O1.CN(C)C1CSc2c(N)ccc(N)c2O1.CN(C)CC1CSc2c(N)ccc(N)c2O1.Nc1ccc(N)c2c1OC(N)CS2.Nc1ccc(N)c2c1OC(N1CCCC1)CS2. The van der Waals surface area contributed by atoms with Crippen LogP contribution in [0.5, 0.6) is 51.7 Å². The Morgan fingerprint density at radius 1 is 0.319 bits per heavy atom. The number of rotatable bonds is 14. The number of benzene rings is 9. The molecule has 1 fully saturated rings. The van der Waals surface area contributed by atoms with Crippen molar-refractivity contribution < 1.29 is 42.6 Å². The van der Waals surface area contributed by atoms with Gasteiger partial charge in [-0.25, -0.2) is 0 Å². The standard InChI is InChI=1S/C13H21N3OS.C12H17N3OS.C12H19N3OS.C11H17N3OS.C11H16N2OS.C10H15N3OS.C10H14N2OS.C9H12N2OS.C8H11N3OS/c1-3-16(4-2)7-9-8-18-13-11(15)6-5-10(14)12(13)17-9;13-8-3-4-9(14)12-11(8)16-10(7-17-12)15-5-1-2-6-15;1-3-15(4-2)10-7-17-12-9(14)6-5-8(13)11(12)16-10;1-14(2)5-7-6-16-11-9(13)4-3-8(12)10(11)15-7;1-2-3-7-6-14-10-8(12)4-5-9(13)11(10)15-7;1-13(2)8-5-15-10-7(12)4-3-6(11)9(10)14-8;1-2-6-5-13-9-7(11)3-4-8(12)10(9)14-6;1-5-4-12-8-6(10)2-3-7(11)9(8)13-5;9-4-1-2-5(10)8-7(4)12-6(11)3-13-8/h5-6,9H,3-4,7-8,14-15H2,1-2H3;3-4,10H,1-2,5-7,13-14H2;5-6,10H,3-4,7,13-14H2,1-2H3;3-4,7H,5-6,12-13H2,1-2H3;4-5,7H,2-3,6,12-13H2,1H3;3-4,8H,5,11-12H2,1-2H3;3-4,6H,2,5,11-12H2,1H3;2-3,5H,4,10-11H2,1H3;1-2,6H,3,9-11H2. The van der Waals surface area contributed by atoms with Crippen LogP contribution in [0.25, 0.3) is 0 Å². The number of hydrogen-bond acceptors (Lipinski definition) is 42. The van der Waals surface area contributed by atoms with Crippen LogP contribution in [0.3, 0.4) is 0 Å². The van der Waals surface area contributed by atoms with Crippen molar-refractivity contribution in [3.05, 3.63) is 109 Å². The summed E-state index contributed by atoms with van der Waals surface area (Å²) in [5.74, 6) is 11.9. The molecule has 10 heterocycles. The average molecular weight is 2060 g/mol. The van der Waals surface area contributed by atoms with E-state index in [2.05, 4.69) is 68.1 Å². The number of fused-ring (bicyclic) bond motifs is 9. The monoisotopic (exact) mass is 2060 g/mol. The van der Waals surface area contributed by atoms with Crippen LogP contribution in [-0.2, 0) is 0 Å². The summed E-state index contributed by atoms with van der Waals surface area (Å²) in [5, 5.41) is 1.44. The van der Waals surface area contributed by atoms with E-state index in [1.165, 1.54) is 19.3 Å². The molecule has 0 radical (unpaired) electrons. The molecule has 0 aliphatic carbocycles. The van der Waals surface area contributed by atoms with Crippen LogP contribution in [0.15, 0.2) is 153 Å². The van der Waals surface area contributed by atoms with Crippen LogP contribution in [0, 0.1) is 0 Å². The molecule has 10 aliphatic heterocycles. The van der Waals surface area contributed by atoms with Crippen LogP contribution in [0.2, 0.25) is 0 Å². The van der Waals surface area contributed by atoms with Crippen LogP contribution >= 0.6 is 106 Å². The second-order valence-corrected chi connectivity index (χ2v) is 44.3. The lowest BCUT2D eigenvalue weighted by atomic mass is 10.2. The average Bonchev–Trinajstić information content (AvgIpc) is 1.28. The number of hydrogen-bond donors (Lipinski definition) is 19. The number of ether oxygens (including phenoxy) is 9. The van der Waals surface area contributed by atoms with Crippen molar-refractivity contribution in [2.45, 2.75) is 177 Å². The molecule has 38 N–H and O–H groups in total. The van der Waals surface area contributed by atoms with Crippen LogP contribution in [-0.4, -0.2) is 212 Å². The third-order valence-corrected chi connectivity index (χ3v) is 34.2. The molecule has 33 nitrogen and oxygen atoms in total. The van der Waals surface area contributed by atoms with E-state index < -0.39 is 0 Å². The Labute approximate surface area is 851 Å². The second-order valence-electron chi connectivity index (χ2n) is 34.1. The molecule has 1 saturated heterocycles. The molecule has 0 saturated carbocycles. The van der Waals surface area contributed by atoms with E-state index in [0.29, 0.717) is 90.7 Å². The van der Waals surface area contributed by atoms with E-state index in [1.54, 1.807) is 154 Å². The lowest BCUT2D eigenvalue weighted by Gasteiger charge is -2.34. The van der Waals surface area contributed by atoms with Gasteiger partial charge in [-0.15, -0.1) is 106 Å². The zero-order chi connectivity index (χ0) is 99.9. The summed E-state index contributed by atoms with van der Waals surface area (Å²) >= 11 is 15.5. The molecule has 0 spiro atoms. The van der Waals surface area contributed by atoms with E-state index in [0.717, 1.165) is 243 Å². The van der Waals surface area contributed by atoms with E-state index in [-0.39, 0.29) is 37.1 Å². The van der Waals surface area contributed by atoms with Crippen molar-refractivity contribution in [1.82, 2.24) is 24.5 Å². The molecular weight excluding hydrogens is 1920 g/mol. The van der Waals surface area contributed by atoms with Crippen LogP contribution in [0.4, 0.5) is 102 Å². The van der Waals surface area contributed by atoms with Gasteiger partial charge >= 0.3 is 0 Å². The molecule has 0 amide bonds. The molecule has 10 aliphatic rings. The fraction of sp³-hybridized carbons (Fsp3) is 0.438. The van der Waals surface area contributed by atoms with Gasteiger partial charge in [0.1, 0.15) is 32.0 Å². The van der Waals surface area contributed by atoms with Gasteiger partial charge < -0.3 is 156 Å². The van der Waals surface area contributed by atoms with E-state index in [4.69, 9.17) is 152 Å². The van der Waals surface area contributed by atoms with E-state index >= 15 is 0 Å². The number of likely N-dealkylation sites (N-methyl/N-ethyl adjacent to an activating group) is 2. The smallest absolute Gasteiger partial charge is 0.162 e. The first kappa shape index (κ1) is 109.